The Morgan fingerprint density at radius 3 is 2.44 bits per heavy atom. The number of benzene rings is 1. The van der Waals surface area contributed by atoms with Gasteiger partial charge in [-0.05, 0) is 41.1 Å². The van der Waals surface area contributed by atoms with E-state index in [-0.39, 0.29) is 17.5 Å². The van der Waals surface area contributed by atoms with Crippen LogP contribution in [-0.4, -0.2) is 53.0 Å². The number of pyridine rings is 1. The maximum absolute atomic E-state index is 12.7. The maximum Gasteiger partial charge on any atom is 0.406 e. The van der Waals surface area contributed by atoms with E-state index in [4.69, 9.17) is 4.74 Å². The van der Waals surface area contributed by atoms with Gasteiger partial charge >= 0.3 is 5.82 Å². The van der Waals surface area contributed by atoms with Gasteiger partial charge in [0.15, 0.2) is 6.10 Å². The summed E-state index contributed by atoms with van der Waals surface area (Å²) < 4.78 is 5.58. The first kappa shape index (κ1) is 18.6. The van der Waals surface area contributed by atoms with Crippen molar-refractivity contribution < 1.29 is 14.5 Å². The summed E-state index contributed by atoms with van der Waals surface area (Å²) in [4.78, 5) is 31.1. The third-order valence-corrected chi connectivity index (χ3v) is 4.52. The number of piperazine rings is 1. The van der Waals surface area contributed by atoms with Gasteiger partial charge in [0, 0.05) is 38.8 Å². The van der Waals surface area contributed by atoms with Crippen molar-refractivity contribution in [2.24, 2.45) is 0 Å². The molecule has 1 aromatic carbocycles. The quantitative estimate of drug-likeness (QED) is 0.593. The highest BCUT2D eigenvalue weighted by atomic mass is 16.6. The van der Waals surface area contributed by atoms with Crippen molar-refractivity contribution in [1.29, 1.82) is 0 Å². The molecule has 1 amide bonds. The van der Waals surface area contributed by atoms with E-state index < -0.39 is 11.0 Å². The number of aromatic nitrogens is 1. The number of nitro groups is 1. The van der Waals surface area contributed by atoms with E-state index in [1.165, 1.54) is 6.07 Å². The van der Waals surface area contributed by atoms with Crippen LogP contribution < -0.4 is 9.64 Å². The lowest BCUT2D eigenvalue weighted by Crippen LogP contribution is -2.52. The summed E-state index contributed by atoms with van der Waals surface area (Å²) in [5.74, 6) is -0.546. The number of hydrogen-bond donors (Lipinski definition) is 0. The lowest BCUT2D eigenvalue weighted by atomic mass is 10.2. The average molecular weight is 370 g/mol. The zero-order valence-corrected chi connectivity index (χ0v) is 15.4. The molecular formula is C19H22N4O4. The minimum absolute atomic E-state index is 0.00868. The Labute approximate surface area is 157 Å². The summed E-state index contributed by atoms with van der Waals surface area (Å²) in [6.45, 7) is 5.89. The number of carbonyl (C=O) groups is 1. The molecule has 27 heavy (non-hydrogen) atoms. The Bertz CT molecular complexity index is 820. The fraction of sp³-hybridized carbons (Fsp3) is 0.368. The van der Waals surface area contributed by atoms with Crippen molar-refractivity contribution in [3.8, 4) is 5.75 Å². The molecule has 0 aliphatic carbocycles. The van der Waals surface area contributed by atoms with E-state index >= 15 is 0 Å². The zero-order valence-electron chi connectivity index (χ0n) is 15.4. The molecule has 1 saturated heterocycles. The largest absolute Gasteiger partial charge is 0.473 e. The Kier molecular flexibility index (Phi) is 5.54. The van der Waals surface area contributed by atoms with Crippen LogP contribution >= 0.6 is 0 Å². The van der Waals surface area contributed by atoms with E-state index in [1.54, 1.807) is 24.8 Å². The summed E-state index contributed by atoms with van der Waals surface area (Å²) in [5.41, 5.74) is 1.65. The van der Waals surface area contributed by atoms with Crippen molar-refractivity contribution in [1.82, 2.24) is 9.88 Å². The van der Waals surface area contributed by atoms with Crippen LogP contribution in [0.4, 0.5) is 11.5 Å². The van der Waals surface area contributed by atoms with Crippen LogP contribution in [0.2, 0.25) is 0 Å². The van der Waals surface area contributed by atoms with Gasteiger partial charge in [-0.2, -0.15) is 0 Å². The molecule has 1 atom stereocenters. The minimum atomic E-state index is -0.823. The molecule has 1 aromatic heterocycles. The molecule has 0 N–H and O–H groups in total. The molecule has 0 bridgehead atoms. The van der Waals surface area contributed by atoms with Crippen LogP contribution in [-0.2, 0) is 4.79 Å². The highest BCUT2D eigenvalue weighted by Crippen LogP contribution is 2.26. The van der Waals surface area contributed by atoms with Crippen molar-refractivity contribution in [3.63, 3.8) is 0 Å². The highest BCUT2D eigenvalue weighted by molar-refractivity contribution is 5.81. The predicted molar refractivity (Wildman–Crippen MR) is 101 cm³/mol. The molecule has 142 valence electrons. The third kappa shape index (κ3) is 4.33. The summed E-state index contributed by atoms with van der Waals surface area (Å²) in [6, 6.07) is 13.2. The van der Waals surface area contributed by atoms with E-state index in [9.17, 15) is 14.9 Å². The number of carbonyl (C=O) groups excluding carboxylic acids is 1. The van der Waals surface area contributed by atoms with E-state index in [0.717, 1.165) is 18.8 Å². The van der Waals surface area contributed by atoms with E-state index in [1.807, 2.05) is 30.3 Å². The lowest BCUT2D eigenvalue weighted by Gasteiger charge is -2.37. The summed E-state index contributed by atoms with van der Waals surface area (Å²) in [5, 5.41) is 11.2. The Balaban J connectivity index is 1.61. The molecule has 1 aliphatic rings. The smallest absolute Gasteiger partial charge is 0.406 e. The van der Waals surface area contributed by atoms with Crippen molar-refractivity contribution in [2.45, 2.75) is 20.0 Å². The van der Waals surface area contributed by atoms with E-state index in [0.29, 0.717) is 18.8 Å². The molecule has 0 radical (unpaired) electrons. The van der Waals surface area contributed by atoms with E-state index in [2.05, 4.69) is 9.88 Å². The fourth-order valence-corrected chi connectivity index (χ4v) is 3.07. The summed E-state index contributed by atoms with van der Waals surface area (Å²) in [6.07, 6.45) is -0.823. The normalized spacial score (nSPS) is 15.3. The maximum atomic E-state index is 12.7. The number of amides is 1. The molecule has 8 nitrogen and oxygen atoms in total. The van der Waals surface area contributed by atoms with Crippen LogP contribution in [0.15, 0.2) is 42.5 Å². The number of rotatable bonds is 5. The third-order valence-electron chi connectivity index (χ3n) is 4.52. The zero-order chi connectivity index (χ0) is 19.4. The first-order valence-corrected chi connectivity index (χ1v) is 8.83. The molecule has 2 aromatic rings. The second-order valence-electron chi connectivity index (χ2n) is 6.44. The number of hydrogen-bond acceptors (Lipinski definition) is 6. The van der Waals surface area contributed by atoms with Gasteiger partial charge in [-0.3, -0.25) is 4.79 Å². The minimum Gasteiger partial charge on any atom is -0.473 e. The summed E-state index contributed by atoms with van der Waals surface area (Å²) in [7, 11) is 0. The molecule has 0 spiro atoms. The number of anilines is 1. The van der Waals surface area contributed by atoms with Gasteiger partial charge in [0.1, 0.15) is 5.69 Å². The van der Waals surface area contributed by atoms with Gasteiger partial charge < -0.3 is 24.7 Å². The Morgan fingerprint density at radius 1 is 1.15 bits per heavy atom. The summed E-state index contributed by atoms with van der Waals surface area (Å²) >= 11 is 0. The molecule has 3 rings (SSSR count). The number of para-hydroxylation sites is 1. The predicted octanol–water partition coefficient (Wildman–Crippen LogP) is 2.41. The first-order valence-electron chi connectivity index (χ1n) is 8.83. The van der Waals surface area contributed by atoms with Gasteiger partial charge in [-0.15, -0.1) is 0 Å². The van der Waals surface area contributed by atoms with Crippen molar-refractivity contribution in [3.05, 3.63) is 58.3 Å². The molecule has 2 heterocycles. The van der Waals surface area contributed by atoms with Gasteiger partial charge in [-0.1, -0.05) is 18.2 Å². The molecule has 0 unspecified atom stereocenters. The SMILES string of the molecule is Cc1ccc(O[C@H](C)C(=O)N2CCN(c3ccccc3)CC2)c([N+](=O)[O-])n1. The topological polar surface area (TPSA) is 88.8 Å². The Hall–Kier alpha value is -3.16. The van der Waals surface area contributed by atoms with Crippen LogP contribution in [0, 0.1) is 17.0 Å². The van der Waals surface area contributed by atoms with Crippen LogP contribution in [0.1, 0.15) is 12.6 Å². The first-order chi connectivity index (χ1) is 13.0. The van der Waals surface area contributed by atoms with Crippen molar-refractivity contribution in [2.75, 3.05) is 31.1 Å². The second kappa shape index (κ2) is 8.03. The molecular weight excluding hydrogens is 348 g/mol. The average Bonchev–Trinajstić information content (AvgIpc) is 2.69. The van der Waals surface area contributed by atoms with Crippen molar-refractivity contribution >= 4 is 17.4 Å². The molecule has 1 fully saturated rings. The van der Waals surface area contributed by atoms with Gasteiger partial charge in [-0.25, -0.2) is 0 Å². The van der Waals surface area contributed by atoms with Gasteiger partial charge in [0.2, 0.25) is 5.75 Å². The van der Waals surface area contributed by atoms with Gasteiger partial charge in [0.05, 0.1) is 0 Å². The molecule has 8 heteroatoms. The second-order valence-corrected chi connectivity index (χ2v) is 6.44. The lowest BCUT2D eigenvalue weighted by molar-refractivity contribution is -0.390. The fourth-order valence-electron chi connectivity index (χ4n) is 3.07. The van der Waals surface area contributed by atoms with Crippen LogP contribution in [0.5, 0.6) is 5.75 Å². The number of aryl methyl sites for hydroxylation is 1. The highest BCUT2D eigenvalue weighted by Gasteiger charge is 2.28. The van der Waals surface area contributed by atoms with Crippen LogP contribution in [0.25, 0.3) is 0 Å². The Morgan fingerprint density at radius 2 is 1.81 bits per heavy atom. The molecule has 1 aliphatic heterocycles. The number of nitrogens with zero attached hydrogens (tertiary/aromatic N) is 4. The standard InChI is InChI=1S/C19H22N4O4/c1-14-8-9-17(18(20-14)23(25)26)27-15(2)19(24)22-12-10-21(11-13-22)16-6-4-3-5-7-16/h3-9,15H,10-13H2,1-2H3/t15-/m1/s1. The number of ether oxygens (including phenoxy) is 1. The van der Waals surface area contributed by atoms with Gasteiger partial charge in [0.25, 0.3) is 5.91 Å². The van der Waals surface area contributed by atoms with Crippen LogP contribution in [0.3, 0.4) is 0 Å². The molecule has 0 saturated carbocycles. The monoisotopic (exact) mass is 370 g/mol.